The minimum atomic E-state index is -0.198. The van der Waals surface area contributed by atoms with Crippen LogP contribution >= 0.6 is 11.6 Å². The minimum Gasteiger partial charge on any atom is -0.493 e. The number of ether oxygens (including phenoxy) is 2. The van der Waals surface area contributed by atoms with Crippen LogP contribution in [-0.4, -0.2) is 43.0 Å². The molecule has 1 aliphatic heterocycles. The van der Waals surface area contributed by atoms with Crippen molar-refractivity contribution in [3.63, 3.8) is 0 Å². The second-order valence-corrected chi connectivity index (χ2v) is 7.87. The van der Waals surface area contributed by atoms with Gasteiger partial charge in [-0.3, -0.25) is 9.59 Å². The van der Waals surface area contributed by atoms with Crippen LogP contribution in [-0.2, 0) is 4.79 Å². The Morgan fingerprint density at radius 1 is 1.10 bits per heavy atom. The highest BCUT2D eigenvalue weighted by Crippen LogP contribution is 2.31. The molecule has 1 N–H and O–H groups in total. The Hall–Kier alpha value is -2.73. The van der Waals surface area contributed by atoms with Crippen molar-refractivity contribution >= 4 is 23.4 Å². The number of methoxy groups -OCH3 is 1. The Labute approximate surface area is 182 Å². The van der Waals surface area contributed by atoms with Crippen LogP contribution in [0.5, 0.6) is 11.5 Å². The molecule has 160 valence electrons. The second-order valence-electron chi connectivity index (χ2n) is 7.44. The largest absolute Gasteiger partial charge is 0.493 e. The van der Waals surface area contributed by atoms with Crippen molar-refractivity contribution in [1.82, 2.24) is 10.2 Å². The number of halogens is 1. The van der Waals surface area contributed by atoms with Gasteiger partial charge >= 0.3 is 0 Å². The lowest BCUT2D eigenvalue weighted by Crippen LogP contribution is -2.40. The molecule has 0 spiro atoms. The number of nitrogens with zero attached hydrogens (tertiary/aromatic N) is 1. The lowest BCUT2D eigenvalue weighted by atomic mass is 10.1. The summed E-state index contributed by atoms with van der Waals surface area (Å²) in [6, 6.07) is 12.4. The fourth-order valence-corrected chi connectivity index (χ4v) is 3.62. The number of carbonyl (C=O) groups is 2. The van der Waals surface area contributed by atoms with E-state index in [0.717, 1.165) is 18.4 Å². The van der Waals surface area contributed by atoms with Gasteiger partial charge in [-0.2, -0.15) is 0 Å². The van der Waals surface area contributed by atoms with Gasteiger partial charge in [0.25, 0.3) is 5.91 Å². The van der Waals surface area contributed by atoms with E-state index >= 15 is 0 Å². The number of rotatable bonds is 6. The van der Waals surface area contributed by atoms with Gasteiger partial charge in [-0.05, 0) is 42.8 Å². The molecular formula is C23H27ClN2O4. The van der Waals surface area contributed by atoms with Crippen molar-refractivity contribution in [2.75, 3.05) is 20.2 Å². The summed E-state index contributed by atoms with van der Waals surface area (Å²) in [6.07, 6.45) is 1.46. The highest BCUT2D eigenvalue weighted by molar-refractivity contribution is 6.30. The van der Waals surface area contributed by atoms with Gasteiger partial charge in [0.2, 0.25) is 5.91 Å². The maximum atomic E-state index is 12.8. The van der Waals surface area contributed by atoms with Gasteiger partial charge in [-0.1, -0.05) is 23.7 Å². The van der Waals surface area contributed by atoms with Crippen LogP contribution in [0.2, 0.25) is 5.02 Å². The van der Waals surface area contributed by atoms with Crippen LogP contribution in [0.25, 0.3) is 0 Å². The highest BCUT2D eigenvalue weighted by atomic mass is 35.5. The molecule has 0 unspecified atom stereocenters. The van der Waals surface area contributed by atoms with E-state index in [1.165, 1.54) is 0 Å². The van der Waals surface area contributed by atoms with E-state index in [2.05, 4.69) is 5.32 Å². The number of hydrogen-bond acceptors (Lipinski definition) is 4. The first kappa shape index (κ1) is 22.0. The Morgan fingerprint density at radius 3 is 2.37 bits per heavy atom. The van der Waals surface area contributed by atoms with Crippen LogP contribution in [0.3, 0.4) is 0 Å². The van der Waals surface area contributed by atoms with Crippen molar-refractivity contribution in [2.24, 2.45) is 0 Å². The van der Waals surface area contributed by atoms with E-state index in [9.17, 15) is 9.59 Å². The van der Waals surface area contributed by atoms with E-state index < -0.39 is 0 Å². The second kappa shape index (κ2) is 9.85. The summed E-state index contributed by atoms with van der Waals surface area (Å²) < 4.78 is 11.6. The molecule has 2 amide bonds. The molecular weight excluding hydrogens is 404 g/mol. The standard InChI is InChI=1S/C23H27ClN2O4/c1-15(17-4-7-19(24)8-5-17)25-23(28)18-6-9-21(29-3)22(14-18)30-20-10-12-26(13-11-20)16(2)27/h4-9,14-15,20H,10-13H2,1-3H3,(H,25,28)/t15-/m0/s1. The van der Waals surface area contributed by atoms with Gasteiger partial charge in [0, 0.05) is 43.4 Å². The van der Waals surface area contributed by atoms with Gasteiger partial charge in [0.05, 0.1) is 13.2 Å². The van der Waals surface area contributed by atoms with E-state index in [1.807, 2.05) is 24.0 Å². The predicted octanol–water partition coefficient (Wildman–Crippen LogP) is 4.23. The average Bonchev–Trinajstić information content (AvgIpc) is 2.74. The third-order valence-corrected chi connectivity index (χ3v) is 5.58. The van der Waals surface area contributed by atoms with Gasteiger partial charge in [-0.25, -0.2) is 0 Å². The number of carbonyl (C=O) groups excluding carboxylic acids is 2. The molecule has 1 aliphatic rings. The number of benzene rings is 2. The number of likely N-dealkylation sites (tertiary alicyclic amines) is 1. The van der Waals surface area contributed by atoms with Crippen LogP contribution in [0.4, 0.5) is 0 Å². The minimum absolute atomic E-state index is 0.0270. The molecule has 1 atom stereocenters. The molecule has 1 fully saturated rings. The zero-order chi connectivity index (χ0) is 21.7. The normalized spacial score (nSPS) is 15.4. The number of hydrogen-bond donors (Lipinski definition) is 1. The molecule has 3 rings (SSSR count). The molecule has 0 saturated carbocycles. The first-order valence-corrected chi connectivity index (χ1v) is 10.4. The van der Waals surface area contributed by atoms with E-state index in [1.54, 1.807) is 44.4 Å². The SMILES string of the molecule is COc1ccc(C(=O)N[C@@H](C)c2ccc(Cl)cc2)cc1OC1CCN(C(C)=O)CC1. The Bertz CT molecular complexity index is 893. The van der Waals surface area contributed by atoms with Crippen LogP contribution in [0, 0.1) is 0 Å². The zero-order valence-corrected chi connectivity index (χ0v) is 18.2. The summed E-state index contributed by atoms with van der Waals surface area (Å²) in [5.74, 6) is 0.993. The summed E-state index contributed by atoms with van der Waals surface area (Å²) in [4.78, 5) is 26.1. The summed E-state index contributed by atoms with van der Waals surface area (Å²) in [6.45, 7) is 4.84. The molecule has 2 aromatic carbocycles. The van der Waals surface area contributed by atoms with Crippen molar-refractivity contribution < 1.29 is 19.1 Å². The van der Waals surface area contributed by atoms with Crippen LogP contribution in [0.1, 0.15) is 48.7 Å². The predicted molar refractivity (Wildman–Crippen MR) is 116 cm³/mol. The first-order valence-electron chi connectivity index (χ1n) is 10.0. The van der Waals surface area contributed by atoms with Crippen molar-refractivity contribution in [3.8, 4) is 11.5 Å². The fraction of sp³-hybridized carbons (Fsp3) is 0.391. The molecule has 0 aromatic heterocycles. The van der Waals surface area contributed by atoms with Gasteiger partial charge < -0.3 is 19.7 Å². The van der Waals surface area contributed by atoms with Gasteiger partial charge in [0.15, 0.2) is 11.5 Å². The van der Waals surface area contributed by atoms with Crippen molar-refractivity contribution in [1.29, 1.82) is 0 Å². The smallest absolute Gasteiger partial charge is 0.251 e. The van der Waals surface area contributed by atoms with Gasteiger partial charge in [-0.15, -0.1) is 0 Å². The summed E-state index contributed by atoms with van der Waals surface area (Å²) >= 11 is 5.93. The molecule has 30 heavy (non-hydrogen) atoms. The van der Waals surface area contributed by atoms with E-state index in [0.29, 0.717) is 35.2 Å². The quantitative estimate of drug-likeness (QED) is 0.744. The van der Waals surface area contributed by atoms with Gasteiger partial charge in [0.1, 0.15) is 6.10 Å². The average molecular weight is 431 g/mol. The Balaban J connectivity index is 1.68. The maximum Gasteiger partial charge on any atom is 0.251 e. The summed E-state index contributed by atoms with van der Waals surface area (Å²) in [5.41, 5.74) is 1.46. The maximum absolute atomic E-state index is 12.8. The summed E-state index contributed by atoms with van der Waals surface area (Å²) in [7, 11) is 1.57. The van der Waals surface area contributed by atoms with E-state index in [4.69, 9.17) is 21.1 Å². The highest BCUT2D eigenvalue weighted by Gasteiger charge is 2.23. The Morgan fingerprint density at radius 2 is 1.77 bits per heavy atom. The molecule has 1 heterocycles. The lowest BCUT2D eigenvalue weighted by Gasteiger charge is -2.31. The molecule has 7 heteroatoms. The molecule has 0 radical (unpaired) electrons. The van der Waals surface area contributed by atoms with E-state index in [-0.39, 0.29) is 24.0 Å². The topological polar surface area (TPSA) is 67.9 Å². The first-order chi connectivity index (χ1) is 14.4. The molecule has 1 saturated heterocycles. The van der Waals surface area contributed by atoms with Crippen LogP contribution in [0.15, 0.2) is 42.5 Å². The number of amides is 2. The Kier molecular flexibility index (Phi) is 7.21. The lowest BCUT2D eigenvalue weighted by molar-refractivity contribution is -0.130. The zero-order valence-electron chi connectivity index (χ0n) is 17.5. The number of piperidine rings is 1. The summed E-state index contributed by atoms with van der Waals surface area (Å²) in [5, 5.41) is 3.65. The van der Waals surface area contributed by atoms with Crippen molar-refractivity contribution in [3.05, 3.63) is 58.6 Å². The third kappa shape index (κ3) is 5.45. The molecule has 2 aromatic rings. The third-order valence-electron chi connectivity index (χ3n) is 5.32. The number of nitrogens with one attached hydrogen (secondary N) is 1. The molecule has 6 nitrogen and oxygen atoms in total. The molecule has 0 bridgehead atoms. The van der Waals surface area contributed by atoms with Crippen LogP contribution < -0.4 is 14.8 Å². The fourth-order valence-electron chi connectivity index (χ4n) is 3.49. The molecule has 0 aliphatic carbocycles. The monoisotopic (exact) mass is 430 g/mol. The van der Waals surface area contributed by atoms with Crippen molar-refractivity contribution in [2.45, 2.75) is 38.8 Å².